The van der Waals surface area contributed by atoms with E-state index in [1.54, 1.807) is 13.8 Å². The third-order valence-electron chi connectivity index (χ3n) is 4.47. The number of anilines is 1. The van der Waals surface area contributed by atoms with Gasteiger partial charge in [0, 0.05) is 23.4 Å². The Balaban J connectivity index is 1.59. The Morgan fingerprint density at radius 3 is 2.81 bits per heavy atom. The number of nitrogens with two attached hydrogens (primary N) is 1. The first-order chi connectivity index (χ1) is 15.0. The molecule has 1 aromatic carbocycles. The van der Waals surface area contributed by atoms with Gasteiger partial charge in [0.1, 0.15) is 18.2 Å². The van der Waals surface area contributed by atoms with E-state index in [1.807, 2.05) is 30.5 Å². The van der Waals surface area contributed by atoms with Crippen molar-refractivity contribution in [1.82, 2.24) is 15.2 Å². The Morgan fingerprint density at radius 2 is 2.06 bits per heavy atom. The van der Waals surface area contributed by atoms with Crippen molar-refractivity contribution in [3.8, 4) is 23.0 Å². The summed E-state index contributed by atoms with van der Waals surface area (Å²) in [6.07, 6.45) is 0.626. The first kappa shape index (κ1) is 20.6. The zero-order valence-electron chi connectivity index (χ0n) is 17.2. The van der Waals surface area contributed by atoms with Gasteiger partial charge in [0.2, 0.25) is 11.8 Å². The molecule has 4 rings (SSSR count). The maximum absolute atomic E-state index is 11.7. The molecule has 0 fully saturated rings. The molecule has 0 radical (unpaired) electrons. The van der Waals surface area contributed by atoms with Gasteiger partial charge in [0.25, 0.3) is 0 Å². The molecule has 0 aliphatic carbocycles. The van der Waals surface area contributed by atoms with Crippen LogP contribution < -0.4 is 15.2 Å². The lowest BCUT2D eigenvalue weighted by atomic mass is 10.1. The molecule has 0 aliphatic heterocycles. The quantitative estimate of drug-likeness (QED) is 0.426. The molecule has 10 heteroatoms. The van der Waals surface area contributed by atoms with Crippen molar-refractivity contribution in [2.45, 2.75) is 27.4 Å². The van der Waals surface area contributed by atoms with Crippen molar-refractivity contribution in [1.29, 1.82) is 0 Å². The van der Waals surface area contributed by atoms with Gasteiger partial charge in [0.05, 0.1) is 17.5 Å². The second-order valence-corrected chi connectivity index (χ2v) is 7.53. The normalized spacial score (nSPS) is 10.9. The number of carbonyl (C=O) groups excluding carboxylic acids is 1. The Bertz CT molecular complexity index is 1250. The molecule has 9 nitrogen and oxygen atoms in total. The average Bonchev–Trinajstić information content (AvgIpc) is 3.37. The lowest BCUT2D eigenvalue weighted by Crippen LogP contribution is -2.10. The van der Waals surface area contributed by atoms with E-state index in [1.165, 1.54) is 17.5 Å². The van der Waals surface area contributed by atoms with E-state index in [0.717, 1.165) is 16.7 Å². The number of nitrogen functional groups attached to an aromatic ring is 1. The smallest absolute Gasteiger partial charge is 0.489 e. The number of aryl methyl sites for hydroxylation is 2. The van der Waals surface area contributed by atoms with E-state index in [4.69, 9.17) is 24.4 Å². The number of hydrogen-bond donors (Lipinski definition) is 1. The van der Waals surface area contributed by atoms with E-state index in [0.29, 0.717) is 39.2 Å². The van der Waals surface area contributed by atoms with Crippen LogP contribution in [-0.2, 0) is 11.3 Å². The largest absolute Gasteiger partial charge is 0.513 e. The van der Waals surface area contributed by atoms with Gasteiger partial charge in [-0.3, -0.25) is 0 Å². The van der Waals surface area contributed by atoms with Gasteiger partial charge >= 0.3 is 6.16 Å². The monoisotopic (exact) mass is 440 g/mol. The molecule has 0 saturated carbocycles. The topological polar surface area (TPSA) is 123 Å². The zero-order chi connectivity index (χ0) is 22.0. The van der Waals surface area contributed by atoms with E-state index in [2.05, 4.69) is 15.2 Å². The first-order valence-corrected chi connectivity index (χ1v) is 10.4. The van der Waals surface area contributed by atoms with Crippen molar-refractivity contribution >= 4 is 33.4 Å². The highest BCUT2D eigenvalue weighted by molar-refractivity contribution is 7.17. The summed E-state index contributed by atoms with van der Waals surface area (Å²) >= 11 is 1.39. The molecule has 0 amide bonds. The molecular formula is C21H20N4O5S. The molecule has 3 aromatic heterocycles. The summed E-state index contributed by atoms with van der Waals surface area (Å²) in [5.41, 5.74) is 8.65. The van der Waals surface area contributed by atoms with Crippen LogP contribution >= 0.6 is 11.3 Å². The lowest BCUT2D eigenvalue weighted by molar-refractivity contribution is 0.105. The van der Waals surface area contributed by atoms with Gasteiger partial charge in [-0.1, -0.05) is 6.07 Å². The van der Waals surface area contributed by atoms with Crippen molar-refractivity contribution in [3.63, 3.8) is 0 Å². The summed E-state index contributed by atoms with van der Waals surface area (Å²) in [7, 11) is 0. The van der Waals surface area contributed by atoms with E-state index in [-0.39, 0.29) is 13.2 Å². The van der Waals surface area contributed by atoms with Crippen LogP contribution in [-0.4, -0.2) is 27.9 Å². The highest BCUT2D eigenvalue weighted by Crippen LogP contribution is 2.37. The van der Waals surface area contributed by atoms with E-state index >= 15 is 0 Å². The Kier molecular flexibility index (Phi) is 5.72. The fourth-order valence-electron chi connectivity index (χ4n) is 2.98. The Morgan fingerprint density at radius 1 is 1.23 bits per heavy atom. The number of carbonyl (C=O) groups is 1. The van der Waals surface area contributed by atoms with Gasteiger partial charge in [-0.25, -0.2) is 9.78 Å². The van der Waals surface area contributed by atoms with Crippen LogP contribution in [0.4, 0.5) is 10.6 Å². The third-order valence-corrected chi connectivity index (χ3v) is 5.51. The molecule has 0 atom stereocenters. The number of rotatable bonds is 6. The first-order valence-electron chi connectivity index (χ1n) is 9.49. The molecule has 0 unspecified atom stereocenters. The fourth-order valence-corrected chi connectivity index (χ4v) is 3.99. The molecule has 0 spiro atoms. The predicted octanol–water partition coefficient (Wildman–Crippen LogP) is 4.66. The van der Waals surface area contributed by atoms with Gasteiger partial charge in [-0.15, -0.1) is 21.5 Å². The highest BCUT2D eigenvalue weighted by Gasteiger charge is 2.17. The van der Waals surface area contributed by atoms with Crippen LogP contribution in [0.5, 0.6) is 11.5 Å². The number of ether oxygens (including phenoxy) is 3. The van der Waals surface area contributed by atoms with Crippen LogP contribution in [0, 0.1) is 13.8 Å². The van der Waals surface area contributed by atoms with Gasteiger partial charge in [-0.05, 0) is 36.9 Å². The van der Waals surface area contributed by atoms with Crippen molar-refractivity contribution in [2.75, 3.05) is 12.3 Å². The minimum absolute atomic E-state index is 0.218. The Hall–Kier alpha value is -3.66. The number of aromatic nitrogens is 3. The van der Waals surface area contributed by atoms with Crippen molar-refractivity contribution < 1.29 is 23.4 Å². The molecular weight excluding hydrogens is 420 g/mol. The van der Waals surface area contributed by atoms with Gasteiger partial charge < -0.3 is 24.4 Å². The van der Waals surface area contributed by atoms with E-state index in [9.17, 15) is 4.79 Å². The van der Waals surface area contributed by atoms with Crippen LogP contribution in [0.15, 0.2) is 34.2 Å². The minimum Gasteiger partial charge on any atom is -0.489 e. The van der Waals surface area contributed by atoms with Crippen LogP contribution in [0.2, 0.25) is 0 Å². The maximum atomic E-state index is 11.7. The average molecular weight is 440 g/mol. The van der Waals surface area contributed by atoms with E-state index < -0.39 is 6.16 Å². The summed E-state index contributed by atoms with van der Waals surface area (Å²) in [4.78, 5) is 15.9. The summed E-state index contributed by atoms with van der Waals surface area (Å²) in [6, 6.07) is 5.68. The summed E-state index contributed by atoms with van der Waals surface area (Å²) in [6.45, 7) is 5.86. The van der Waals surface area contributed by atoms with Gasteiger partial charge in [-0.2, -0.15) is 0 Å². The molecule has 160 valence electrons. The highest BCUT2D eigenvalue weighted by atomic mass is 32.1. The van der Waals surface area contributed by atoms with Crippen LogP contribution in [0.1, 0.15) is 23.9 Å². The number of hydrogen-bond acceptors (Lipinski definition) is 10. The van der Waals surface area contributed by atoms with Crippen LogP contribution in [0.25, 0.3) is 21.5 Å². The zero-order valence-corrected chi connectivity index (χ0v) is 18.0. The number of benzene rings is 1. The molecule has 0 saturated heterocycles. The molecule has 0 aliphatic rings. The number of fused-ring (bicyclic) bond motifs is 1. The minimum atomic E-state index is -0.787. The summed E-state index contributed by atoms with van der Waals surface area (Å²) < 4.78 is 22.4. The molecule has 4 aromatic rings. The molecule has 3 heterocycles. The maximum Gasteiger partial charge on any atom is 0.513 e. The molecule has 2 N–H and O–H groups in total. The SMILES string of the molecule is CCOC(=O)Oc1cnc(N)c2c(COc3cc(-c4nnc(C)o4)ccc3C)csc12. The second kappa shape index (κ2) is 8.60. The third kappa shape index (κ3) is 4.29. The summed E-state index contributed by atoms with van der Waals surface area (Å²) in [5, 5.41) is 10.5. The Labute approximate surface area is 181 Å². The predicted molar refractivity (Wildman–Crippen MR) is 115 cm³/mol. The fraction of sp³-hybridized carbons (Fsp3) is 0.238. The lowest BCUT2D eigenvalue weighted by Gasteiger charge is -2.11. The molecule has 0 bridgehead atoms. The van der Waals surface area contributed by atoms with Crippen LogP contribution in [0.3, 0.4) is 0 Å². The molecule has 31 heavy (non-hydrogen) atoms. The number of thiophene rings is 1. The standard InChI is InChI=1S/C21H20N4O5S/c1-4-27-21(26)30-16-8-23-19(22)17-14(10-31-18(16)17)9-28-15-7-13(6-5-11(15)2)20-25-24-12(3)29-20/h5-8,10H,4,9H2,1-3H3,(H2,22,23). The van der Waals surface area contributed by atoms with Gasteiger partial charge in [0.15, 0.2) is 5.75 Å². The van der Waals surface area contributed by atoms with Crippen molar-refractivity contribution in [2.24, 2.45) is 0 Å². The van der Waals surface area contributed by atoms with Crippen molar-refractivity contribution in [3.05, 3.63) is 46.8 Å². The second-order valence-electron chi connectivity index (χ2n) is 6.65. The number of pyridine rings is 1. The summed E-state index contributed by atoms with van der Waals surface area (Å²) in [5.74, 6) is 2.23. The number of nitrogens with zero attached hydrogens (tertiary/aromatic N) is 3.